The minimum Gasteiger partial charge on any atom is -0.459 e. The van der Waals surface area contributed by atoms with E-state index in [4.69, 9.17) is 22.1 Å². The Balaban J connectivity index is 2.12. The van der Waals surface area contributed by atoms with E-state index >= 15 is 0 Å². The summed E-state index contributed by atoms with van der Waals surface area (Å²) in [4.78, 5) is 15.4. The number of hydrogen-bond donors (Lipinski definition) is 1. The van der Waals surface area contributed by atoms with E-state index in [9.17, 15) is 4.79 Å². The van der Waals surface area contributed by atoms with Crippen molar-refractivity contribution in [2.45, 2.75) is 25.4 Å². The highest BCUT2D eigenvalue weighted by atomic mass is 35.5. The van der Waals surface area contributed by atoms with Crippen molar-refractivity contribution in [1.29, 1.82) is 0 Å². The first-order valence-electron chi connectivity index (χ1n) is 4.79. The quantitative estimate of drug-likeness (QED) is 0.619. The standard InChI is InChI=1S/C10H11ClN2O2/c11-9-8(4-6(12)5-13-9)10(14)15-7-2-1-3-7/h4-5,7H,1-3,12H2. The summed E-state index contributed by atoms with van der Waals surface area (Å²) < 4.78 is 5.19. The fourth-order valence-electron chi connectivity index (χ4n) is 1.31. The van der Waals surface area contributed by atoms with Crippen LogP contribution in [-0.4, -0.2) is 17.1 Å². The Morgan fingerprint density at radius 1 is 1.60 bits per heavy atom. The number of hydrogen-bond acceptors (Lipinski definition) is 4. The van der Waals surface area contributed by atoms with E-state index in [1.807, 2.05) is 0 Å². The van der Waals surface area contributed by atoms with Crippen LogP contribution in [0, 0.1) is 0 Å². The zero-order chi connectivity index (χ0) is 10.8. The lowest BCUT2D eigenvalue weighted by molar-refractivity contribution is 0.00899. The highest BCUT2D eigenvalue weighted by Crippen LogP contribution is 2.24. The molecule has 1 aromatic heterocycles. The SMILES string of the molecule is Nc1cnc(Cl)c(C(=O)OC2CCC2)c1. The summed E-state index contributed by atoms with van der Waals surface area (Å²) in [5.41, 5.74) is 6.16. The third-order valence-electron chi connectivity index (χ3n) is 2.41. The van der Waals surface area contributed by atoms with Crippen LogP contribution in [0.15, 0.2) is 12.3 Å². The number of esters is 1. The molecule has 4 nitrogen and oxygen atoms in total. The van der Waals surface area contributed by atoms with Gasteiger partial charge in [0, 0.05) is 0 Å². The first-order chi connectivity index (χ1) is 7.16. The molecule has 15 heavy (non-hydrogen) atoms. The molecule has 0 bridgehead atoms. The highest BCUT2D eigenvalue weighted by molar-refractivity contribution is 6.32. The molecule has 1 heterocycles. The van der Waals surface area contributed by atoms with Crippen molar-refractivity contribution in [2.75, 3.05) is 5.73 Å². The summed E-state index contributed by atoms with van der Waals surface area (Å²) in [6.45, 7) is 0. The molecule has 1 aromatic rings. The third kappa shape index (κ3) is 2.21. The van der Waals surface area contributed by atoms with E-state index in [1.54, 1.807) is 0 Å². The molecule has 5 heteroatoms. The van der Waals surface area contributed by atoms with Crippen LogP contribution in [-0.2, 0) is 4.74 Å². The van der Waals surface area contributed by atoms with Crippen LogP contribution in [0.3, 0.4) is 0 Å². The van der Waals surface area contributed by atoms with Gasteiger partial charge in [0.1, 0.15) is 11.3 Å². The molecule has 0 radical (unpaired) electrons. The number of carbonyl (C=O) groups is 1. The van der Waals surface area contributed by atoms with Crippen LogP contribution < -0.4 is 5.73 Å². The van der Waals surface area contributed by atoms with Crippen molar-refractivity contribution in [3.8, 4) is 0 Å². The second-order valence-corrected chi connectivity index (χ2v) is 3.92. The molecule has 0 spiro atoms. The number of anilines is 1. The summed E-state index contributed by atoms with van der Waals surface area (Å²) in [5.74, 6) is -0.440. The van der Waals surface area contributed by atoms with E-state index in [0.717, 1.165) is 19.3 Å². The fourth-order valence-corrected chi connectivity index (χ4v) is 1.49. The number of carbonyl (C=O) groups excluding carboxylic acids is 1. The predicted molar refractivity (Wildman–Crippen MR) is 56.7 cm³/mol. The number of ether oxygens (including phenoxy) is 1. The van der Waals surface area contributed by atoms with E-state index < -0.39 is 5.97 Å². The lowest BCUT2D eigenvalue weighted by Gasteiger charge is -2.25. The molecule has 0 unspecified atom stereocenters. The predicted octanol–water partition coefficient (Wildman–Crippen LogP) is 2.03. The normalized spacial score (nSPS) is 15.8. The first-order valence-corrected chi connectivity index (χ1v) is 5.16. The zero-order valence-electron chi connectivity index (χ0n) is 8.07. The highest BCUT2D eigenvalue weighted by Gasteiger charge is 2.23. The van der Waals surface area contributed by atoms with Gasteiger partial charge >= 0.3 is 5.97 Å². The van der Waals surface area contributed by atoms with Crippen LogP contribution in [0.25, 0.3) is 0 Å². The third-order valence-corrected chi connectivity index (χ3v) is 2.71. The molecule has 0 amide bonds. The average molecular weight is 227 g/mol. The molecular formula is C10H11ClN2O2. The van der Waals surface area contributed by atoms with Crippen molar-refractivity contribution >= 4 is 23.3 Å². The minimum atomic E-state index is -0.440. The van der Waals surface area contributed by atoms with E-state index in [-0.39, 0.29) is 16.8 Å². The number of nitrogen functional groups attached to an aromatic ring is 1. The molecular weight excluding hydrogens is 216 g/mol. The summed E-state index contributed by atoms with van der Waals surface area (Å²) in [7, 11) is 0. The molecule has 80 valence electrons. The van der Waals surface area contributed by atoms with Gasteiger partial charge in [-0.3, -0.25) is 0 Å². The van der Waals surface area contributed by atoms with Gasteiger partial charge in [0.15, 0.2) is 0 Å². The Kier molecular flexibility index (Phi) is 2.77. The number of pyridine rings is 1. The lowest BCUT2D eigenvalue weighted by atomic mass is 9.96. The Bertz CT molecular complexity index is 391. The molecule has 1 fully saturated rings. The van der Waals surface area contributed by atoms with Gasteiger partial charge in [0.2, 0.25) is 0 Å². The second-order valence-electron chi connectivity index (χ2n) is 3.57. The Morgan fingerprint density at radius 2 is 2.33 bits per heavy atom. The van der Waals surface area contributed by atoms with Crippen LogP contribution in [0.5, 0.6) is 0 Å². The monoisotopic (exact) mass is 226 g/mol. The summed E-state index contributed by atoms with van der Waals surface area (Å²) in [6, 6.07) is 1.48. The van der Waals surface area contributed by atoms with Gasteiger partial charge in [-0.25, -0.2) is 9.78 Å². The number of nitrogens with two attached hydrogens (primary N) is 1. The fraction of sp³-hybridized carbons (Fsp3) is 0.400. The first kappa shape index (κ1) is 10.2. The van der Waals surface area contributed by atoms with Gasteiger partial charge in [0.05, 0.1) is 17.4 Å². The maximum atomic E-state index is 11.6. The molecule has 1 aliphatic carbocycles. The maximum Gasteiger partial charge on any atom is 0.341 e. The van der Waals surface area contributed by atoms with Crippen LogP contribution in [0.2, 0.25) is 5.15 Å². The Hall–Kier alpha value is -1.29. The van der Waals surface area contributed by atoms with Crippen molar-refractivity contribution in [3.63, 3.8) is 0 Å². The maximum absolute atomic E-state index is 11.6. The van der Waals surface area contributed by atoms with Gasteiger partial charge in [0.25, 0.3) is 0 Å². The molecule has 1 aliphatic rings. The number of halogens is 1. The molecule has 0 aliphatic heterocycles. The molecule has 0 aromatic carbocycles. The Morgan fingerprint density at radius 3 is 2.93 bits per heavy atom. The van der Waals surface area contributed by atoms with Crippen molar-refractivity contribution in [1.82, 2.24) is 4.98 Å². The number of aromatic nitrogens is 1. The van der Waals surface area contributed by atoms with Gasteiger partial charge < -0.3 is 10.5 Å². The summed E-state index contributed by atoms with van der Waals surface area (Å²) in [6.07, 6.45) is 4.41. The number of rotatable bonds is 2. The van der Waals surface area contributed by atoms with Gasteiger partial charge in [-0.1, -0.05) is 11.6 Å². The summed E-state index contributed by atoms with van der Waals surface area (Å²) >= 11 is 5.77. The average Bonchev–Trinajstić information content (AvgIpc) is 2.15. The van der Waals surface area contributed by atoms with Gasteiger partial charge in [-0.15, -0.1) is 0 Å². The van der Waals surface area contributed by atoms with Crippen LogP contribution in [0.4, 0.5) is 5.69 Å². The molecule has 0 saturated heterocycles. The number of nitrogens with zero attached hydrogens (tertiary/aromatic N) is 1. The lowest BCUT2D eigenvalue weighted by Crippen LogP contribution is -2.25. The second kappa shape index (κ2) is 4.06. The topological polar surface area (TPSA) is 65.2 Å². The van der Waals surface area contributed by atoms with E-state index in [0.29, 0.717) is 5.69 Å². The van der Waals surface area contributed by atoms with E-state index in [1.165, 1.54) is 12.3 Å². The van der Waals surface area contributed by atoms with Gasteiger partial charge in [-0.2, -0.15) is 0 Å². The largest absolute Gasteiger partial charge is 0.459 e. The van der Waals surface area contributed by atoms with Crippen molar-refractivity contribution in [3.05, 3.63) is 23.0 Å². The molecule has 2 N–H and O–H groups in total. The van der Waals surface area contributed by atoms with Gasteiger partial charge in [-0.05, 0) is 25.3 Å². The van der Waals surface area contributed by atoms with Crippen LogP contribution >= 0.6 is 11.6 Å². The Labute approximate surface area is 92.4 Å². The smallest absolute Gasteiger partial charge is 0.341 e. The summed E-state index contributed by atoms with van der Waals surface area (Å²) in [5, 5.41) is 0.133. The minimum absolute atomic E-state index is 0.0370. The zero-order valence-corrected chi connectivity index (χ0v) is 8.83. The molecule has 2 rings (SSSR count). The van der Waals surface area contributed by atoms with Crippen LogP contribution in [0.1, 0.15) is 29.6 Å². The van der Waals surface area contributed by atoms with E-state index in [2.05, 4.69) is 4.98 Å². The van der Waals surface area contributed by atoms with Crippen molar-refractivity contribution in [2.24, 2.45) is 0 Å². The molecule has 1 saturated carbocycles. The van der Waals surface area contributed by atoms with Crippen molar-refractivity contribution < 1.29 is 9.53 Å². The molecule has 0 atom stereocenters.